The summed E-state index contributed by atoms with van der Waals surface area (Å²) in [6, 6.07) is 14.3. The van der Waals surface area contributed by atoms with Gasteiger partial charge in [0, 0.05) is 11.6 Å². The molecule has 0 bridgehead atoms. The van der Waals surface area contributed by atoms with Gasteiger partial charge in [-0.3, -0.25) is 4.79 Å². The first-order valence-corrected chi connectivity index (χ1v) is 6.54. The van der Waals surface area contributed by atoms with Crippen molar-refractivity contribution in [3.63, 3.8) is 0 Å². The van der Waals surface area contributed by atoms with Gasteiger partial charge in [-0.25, -0.2) is 0 Å². The van der Waals surface area contributed by atoms with Gasteiger partial charge < -0.3 is 9.52 Å². The molecule has 0 saturated heterocycles. The maximum Gasteiger partial charge on any atom is 0.197 e. The van der Waals surface area contributed by atoms with E-state index in [-0.39, 0.29) is 16.6 Å². The lowest BCUT2D eigenvalue weighted by atomic mass is 10.1. The predicted molar refractivity (Wildman–Crippen MR) is 79.0 cm³/mol. The van der Waals surface area contributed by atoms with E-state index in [1.165, 1.54) is 6.07 Å². The fourth-order valence-electron chi connectivity index (χ4n) is 2.27. The Labute approximate surface area is 116 Å². The Bertz CT molecular complexity index is 817. The molecule has 3 aromatic rings. The molecule has 0 unspecified atom stereocenters. The zero-order chi connectivity index (χ0) is 14.1. The summed E-state index contributed by atoms with van der Waals surface area (Å²) in [5, 5.41) is 10.2. The molecule has 0 saturated carbocycles. The van der Waals surface area contributed by atoms with Crippen molar-refractivity contribution in [3.05, 3.63) is 64.3 Å². The Hall–Kier alpha value is -2.55. The molecule has 1 heterocycles. The highest BCUT2D eigenvalue weighted by Crippen LogP contribution is 2.28. The Morgan fingerprint density at radius 3 is 2.55 bits per heavy atom. The van der Waals surface area contributed by atoms with Gasteiger partial charge in [-0.15, -0.1) is 0 Å². The van der Waals surface area contributed by atoms with Crippen molar-refractivity contribution in [2.45, 2.75) is 13.3 Å². The molecule has 0 fully saturated rings. The van der Waals surface area contributed by atoms with E-state index < -0.39 is 0 Å². The molecule has 0 amide bonds. The van der Waals surface area contributed by atoms with E-state index in [2.05, 4.69) is 0 Å². The van der Waals surface area contributed by atoms with Crippen molar-refractivity contribution in [2.75, 3.05) is 0 Å². The molecular formula is C17H14O3. The van der Waals surface area contributed by atoms with E-state index in [0.29, 0.717) is 11.3 Å². The minimum Gasteiger partial charge on any atom is -0.507 e. The average Bonchev–Trinajstić information content (AvgIpc) is 2.47. The van der Waals surface area contributed by atoms with Crippen LogP contribution in [0.15, 0.2) is 57.7 Å². The monoisotopic (exact) mass is 266 g/mol. The predicted octanol–water partition coefficient (Wildman–Crippen LogP) is 3.73. The van der Waals surface area contributed by atoms with Gasteiger partial charge in [0.2, 0.25) is 0 Å². The number of aromatic hydroxyl groups is 1. The van der Waals surface area contributed by atoms with E-state index in [9.17, 15) is 9.90 Å². The summed E-state index contributed by atoms with van der Waals surface area (Å²) in [5.74, 6) is 0.489. The lowest BCUT2D eigenvalue weighted by Gasteiger charge is -2.06. The number of phenols is 1. The first kappa shape index (κ1) is 12.5. The molecule has 3 rings (SSSR count). The molecule has 2 aromatic carbocycles. The Morgan fingerprint density at radius 1 is 1.10 bits per heavy atom. The van der Waals surface area contributed by atoms with Gasteiger partial charge in [0.05, 0.1) is 0 Å². The van der Waals surface area contributed by atoms with E-state index in [4.69, 9.17) is 4.42 Å². The number of hydrogen-bond donors (Lipinski definition) is 1. The van der Waals surface area contributed by atoms with E-state index in [0.717, 1.165) is 17.5 Å². The molecule has 0 aliphatic rings. The second kappa shape index (κ2) is 4.85. The topological polar surface area (TPSA) is 50.4 Å². The van der Waals surface area contributed by atoms with Crippen LogP contribution in [0, 0.1) is 0 Å². The Morgan fingerprint density at radius 2 is 1.85 bits per heavy atom. The van der Waals surface area contributed by atoms with Crippen molar-refractivity contribution < 1.29 is 9.52 Å². The zero-order valence-electron chi connectivity index (χ0n) is 11.1. The molecule has 0 aliphatic heterocycles. The van der Waals surface area contributed by atoms with Crippen LogP contribution in [0.1, 0.15) is 12.5 Å². The number of aryl methyl sites for hydroxylation is 1. The van der Waals surface area contributed by atoms with Gasteiger partial charge in [0.25, 0.3) is 0 Å². The summed E-state index contributed by atoms with van der Waals surface area (Å²) in [5.41, 5.74) is 1.97. The van der Waals surface area contributed by atoms with Crippen LogP contribution in [-0.4, -0.2) is 5.11 Å². The second-order valence-electron chi connectivity index (χ2n) is 4.68. The van der Waals surface area contributed by atoms with Crippen LogP contribution in [0.3, 0.4) is 0 Å². The number of phenolic OH excluding ortho intramolecular Hbond substituents is 1. The molecule has 20 heavy (non-hydrogen) atoms. The van der Waals surface area contributed by atoms with Crippen LogP contribution in [0.5, 0.6) is 5.75 Å². The summed E-state index contributed by atoms with van der Waals surface area (Å²) in [6.45, 7) is 1.99. The maximum absolute atomic E-state index is 12.2. The van der Waals surface area contributed by atoms with Crippen LogP contribution < -0.4 is 5.43 Å². The minimum atomic E-state index is -0.231. The minimum absolute atomic E-state index is 0.0206. The van der Waals surface area contributed by atoms with Crippen molar-refractivity contribution in [3.8, 4) is 17.1 Å². The molecular weight excluding hydrogens is 252 g/mol. The molecule has 100 valence electrons. The van der Waals surface area contributed by atoms with Crippen molar-refractivity contribution in [2.24, 2.45) is 0 Å². The molecule has 0 radical (unpaired) electrons. The average molecular weight is 266 g/mol. The lowest BCUT2D eigenvalue weighted by Crippen LogP contribution is -2.01. The van der Waals surface area contributed by atoms with E-state index >= 15 is 0 Å². The SMILES string of the molecule is CCc1cc(O)c2c(=O)cc(-c3ccccc3)oc2c1. The van der Waals surface area contributed by atoms with Gasteiger partial charge in [0.15, 0.2) is 5.43 Å². The molecule has 1 aromatic heterocycles. The number of hydrogen-bond acceptors (Lipinski definition) is 3. The second-order valence-corrected chi connectivity index (χ2v) is 4.68. The van der Waals surface area contributed by atoms with Gasteiger partial charge in [-0.2, -0.15) is 0 Å². The van der Waals surface area contributed by atoms with Crippen molar-refractivity contribution in [1.29, 1.82) is 0 Å². The first-order chi connectivity index (χ1) is 9.69. The van der Waals surface area contributed by atoms with Gasteiger partial charge in [0.1, 0.15) is 22.5 Å². The first-order valence-electron chi connectivity index (χ1n) is 6.54. The fourth-order valence-corrected chi connectivity index (χ4v) is 2.27. The summed E-state index contributed by atoms with van der Waals surface area (Å²) in [6.07, 6.45) is 0.767. The highest BCUT2D eigenvalue weighted by molar-refractivity contribution is 5.85. The quantitative estimate of drug-likeness (QED) is 0.769. The van der Waals surface area contributed by atoms with Crippen molar-refractivity contribution in [1.82, 2.24) is 0 Å². The molecule has 0 aliphatic carbocycles. The molecule has 3 heteroatoms. The smallest absolute Gasteiger partial charge is 0.197 e. The van der Waals surface area contributed by atoms with Crippen LogP contribution in [-0.2, 0) is 6.42 Å². The number of rotatable bonds is 2. The highest BCUT2D eigenvalue weighted by Gasteiger charge is 2.11. The summed E-state index contributed by atoms with van der Waals surface area (Å²) in [4.78, 5) is 12.2. The molecule has 0 atom stereocenters. The molecule has 3 nitrogen and oxygen atoms in total. The summed E-state index contributed by atoms with van der Waals surface area (Å²) in [7, 11) is 0. The van der Waals surface area contributed by atoms with Crippen LogP contribution in [0.2, 0.25) is 0 Å². The molecule has 1 N–H and O–H groups in total. The summed E-state index contributed by atoms with van der Waals surface area (Å²) < 4.78 is 5.79. The maximum atomic E-state index is 12.2. The third-order valence-corrected chi connectivity index (χ3v) is 3.34. The number of fused-ring (bicyclic) bond motifs is 1. The summed E-state index contributed by atoms with van der Waals surface area (Å²) >= 11 is 0. The van der Waals surface area contributed by atoms with Gasteiger partial charge >= 0.3 is 0 Å². The fraction of sp³-hybridized carbons (Fsp3) is 0.118. The van der Waals surface area contributed by atoms with Gasteiger partial charge in [-0.05, 0) is 24.1 Å². The molecule has 0 spiro atoms. The van der Waals surface area contributed by atoms with Crippen molar-refractivity contribution >= 4 is 11.0 Å². The van der Waals surface area contributed by atoms with Crippen LogP contribution in [0.25, 0.3) is 22.3 Å². The zero-order valence-corrected chi connectivity index (χ0v) is 11.1. The Balaban J connectivity index is 2.31. The Kier molecular flexibility index (Phi) is 3.03. The van der Waals surface area contributed by atoms with Crippen LogP contribution >= 0.6 is 0 Å². The normalized spacial score (nSPS) is 10.8. The third kappa shape index (κ3) is 2.07. The largest absolute Gasteiger partial charge is 0.507 e. The van der Waals surface area contributed by atoms with E-state index in [1.54, 1.807) is 6.07 Å². The van der Waals surface area contributed by atoms with E-state index in [1.807, 2.05) is 43.3 Å². The highest BCUT2D eigenvalue weighted by atomic mass is 16.3. The number of benzene rings is 2. The standard InChI is InChI=1S/C17H14O3/c1-2-11-8-13(18)17-14(19)10-15(20-16(17)9-11)12-6-4-3-5-7-12/h3-10,18H,2H2,1H3. The third-order valence-electron chi connectivity index (χ3n) is 3.34. The van der Waals surface area contributed by atoms with Gasteiger partial charge in [-0.1, -0.05) is 37.3 Å². The lowest BCUT2D eigenvalue weighted by molar-refractivity contribution is 0.479. The van der Waals surface area contributed by atoms with Crippen LogP contribution in [0.4, 0.5) is 0 Å².